The summed E-state index contributed by atoms with van der Waals surface area (Å²) in [4.78, 5) is 36.8. The van der Waals surface area contributed by atoms with Gasteiger partial charge >= 0.3 is 0 Å². The van der Waals surface area contributed by atoms with E-state index in [2.05, 4.69) is 0 Å². The molecule has 1 heterocycles. The quantitative estimate of drug-likeness (QED) is 0.597. The molecule has 0 radical (unpaired) electrons. The second-order valence-electron chi connectivity index (χ2n) is 5.55. The van der Waals surface area contributed by atoms with Crippen LogP contribution in [0.5, 0.6) is 0 Å². The third-order valence-electron chi connectivity index (χ3n) is 4.18. The summed E-state index contributed by atoms with van der Waals surface area (Å²) in [6.07, 6.45) is 3.21. The molecule has 1 saturated heterocycles. The number of benzene rings is 1. The SMILES string of the molecule is CC1=CC[C@@H]2C(=O)N(c3ccc(C(=O)[O-])cc3)C(=O)[C@H]2C1. The Morgan fingerprint density at radius 1 is 1.14 bits per heavy atom. The molecule has 5 heteroatoms. The van der Waals surface area contributed by atoms with E-state index in [0.717, 1.165) is 5.57 Å². The minimum Gasteiger partial charge on any atom is -0.545 e. The van der Waals surface area contributed by atoms with E-state index < -0.39 is 5.97 Å². The average molecular weight is 284 g/mol. The highest BCUT2D eigenvalue weighted by Gasteiger charge is 2.48. The lowest BCUT2D eigenvalue weighted by Crippen LogP contribution is -2.31. The van der Waals surface area contributed by atoms with Crippen LogP contribution >= 0.6 is 0 Å². The molecular formula is C16H14NO4-. The zero-order valence-electron chi connectivity index (χ0n) is 11.5. The number of fused-ring (bicyclic) bond motifs is 1. The van der Waals surface area contributed by atoms with Gasteiger partial charge in [0.1, 0.15) is 0 Å². The van der Waals surface area contributed by atoms with Crippen LogP contribution in [0.4, 0.5) is 5.69 Å². The minimum atomic E-state index is -1.28. The molecule has 1 aromatic rings. The van der Waals surface area contributed by atoms with E-state index in [9.17, 15) is 19.5 Å². The lowest BCUT2D eigenvalue weighted by atomic mass is 9.82. The fourth-order valence-electron chi connectivity index (χ4n) is 3.04. The average Bonchev–Trinajstić information content (AvgIpc) is 2.70. The van der Waals surface area contributed by atoms with Gasteiger partial charge in [0.2, 0.25) is 11.8 Å². The zero-order chi connectivity index (χ0) is 15.1. The van der Waals surface area contributed by atoms with Crippen molar-refractivity contribution in [2.45, 2.75) is 19.8 Å². The van der Waals surface area contributed by atoms with E-state index in [1.807, 2.05) is 13.0 Å². The summed E-state index contributed by atoms with van der Waals surface area (Å²) in [5, 5.41) is 10.7. The number of amides is 2. The Labute approximate surface area is 121 Å². The number of rotatable bonds is 2. The predicted octanol–water partition coefficient (Wildman–Crippen LogP) is 0.896. The Morgan fingerprint density at radius 3 is 2.38 bits per heavy atom. The number of carbonyl (C=O) groups is 3. The van der Waals surface area contributed by atoms with Gasteiger partial charge in [0, 0.05) is 0 Å². The van der Waals surface area contributed by atoms with Crippen molar-refractivity contribution in [3.8, 4) is 0 Å². The summed E-state index contributed by atoms with van der Waals surface area (Å²) in [6, 6.07) is 5.63. The number of carboxylic acids is 1. The molecule has 1 fully saturated rings. The number of hydrogen-bond acceptors (Lipinski definition) is 4. The van der Waals surface area contributed by atoms with Crippen molar-refractivity contribution >= 4 is 23.5 Å². The van der Waals surface area contributed by atoms with Gasteiger partial charge in [-0.25, -0.2) is 0 Å². The maximum absolute atomic E-state index is 12.5. The number of aromatic carboxylic acids is 1. The highest BCUT2D eigenvalue weighted by atomic mass is 16.4. The van der Waals surface area contributed by atoms with Crippen LogP contribution in [0.2, 0.25) is 0 Å². The topological polar surface area (TPSA) is 77.5 Å². The van der Waals surface area contributed by atoms with Gasteiger partial charge in [-0.05, 0) is 37.5 Å². The maximum Gasteiger partial charge on any atom is 0.238 e. The molecule has 0 unspecified atom stereocenters. The second kappa shape index (κ2) is 4.84. The van der Waals surface area contributed by atoms with Crippen molar-refractivity contribution in [2.24, 2.45) is 11.8 Å². The second-order valence-corrected chi connectivity index (χ2v) is 5.55. The monoisotopic (exact) mass is 284 g/mol. The van der Waals surface area contributed by atoms with Gasteiger partial charge in [-0.15, -0.1) is 0 Å². The molecule has 0 spiro atoms. The molecule has 21 heavy (non-hydrogen) atoms. The van der Waals surface area contributed by atoms with Gasteiger partial charge in [0.25, 0.3) is 0 Å². The molecule has 2 atom stereocenters. The van der Waals surface area contributed by atoms with Crippen LogP contribution < -0.4 is 10.0 Å². The van der Waals surface area contributed by atoms with Crippen LogP contribution in [0.3, 0.4) is 0 Å². The number of hydrogen-bond donors (Lipinski definition) is 0. The maximum atomic E-state index is 12.5. The Morgan fingerprint density at radius 2 is 1.76 bits per heavy atom. The van der Waals surface area contributed by atoms with Crippen LogP contribution in [-0.2, 0) is 9.59 Å². The molecule has 0 bridgehead atoms. The van der Waals surface area contributed by atoms with E-state index in [1.54, 1.807) is 0 Å². The van der Waals surface area contributed by atoms with Gasteiger partial charge in [-0.1, -0.05) is 23.8 Å². The van der Waals surface area contributed by atoms with E-state index in [0.29, 0.717) is 18.5 Å². The van der Waals surface area contributed by atoms with Gasteiger partial charge < -0.3 is 9.90 Å². The number of allylic oxidation sites excluding steroid dienone is 2. The zero-order valence-corrected chi connectivity index (χ0v) is 11.5. The Balaban J connectivity index is 1.91. The van der Waals surface area contributed by atoms with Crippen molar-refractivity contribution in [1.82, 2.24) is 0 Å². The summed E-state index contributed by atoms with van der Waals surface area (Å²) in [5.41, 5.74) is 1.57. The molecule has 3 rings (SSSR count). The molecule has 1 aliphatic carbocycles. The summed E-state index contributed by atoms with van der Waals surface area (Å²) in [7, 11) is 0. The van der Waals surface area contributed by atoms with Crippen molar-refractivity contribution in [3.63, 3.8) is 0 Å². The van der Waals surface area contributed by atoms with Crippen molar-refractivity contribution in [3.05, 3.63) is 41.5 Å². The summed E-state index contributed by atoms with van der Waals surface area (Å²) < 4.78 is 0. The number of carboxylic acid groups (broad SMARTS) is 1. The molecular weight excluding hydrogens is 270 g/mol. The number of nitrogens with zero attached hydrogens (tertiary/aromatic N) is 1. The van der Waals surface area contributed by atoms with E-state index in [-0.39, 0.29) is 29.2 Å². The third-order valence-corrected chi connectivity index (χ3v) is 4.18. The first-order valence-electron chi connectivity index (χ1n) is 6.84. The Bertz CT molecular complexity index is 659. The lowest BCUT2D eigenvalue weighted by Gasteiger charge is -2.18. The largest absolute Gasteiger partial charge is 0.545 e. The number of anilines is 1. The fraction of sp³-hybridized carbons (Fsp3) is 0.312. The van der Waals surface area contributed by atoms with Crippen molar-refractivity contribution in [2.75, 3.05) is 4.90 Å². The lowest BCUT2D eigenvalue weighted by molar-refractivity contribution is -0.255. The fourth-order valence-corrected chi connectivity index (χ4v) is 3.04. The molecule has 1 aromatic carbocycles. The number of imide groups is 1. The van der Waals surface area contributed by atoms with Crippen LogP contribution in [0.15, 0.2) is 35.9 Å². The molecule has 0 saturated carbocycles. The molecule has 1 aliphatic heterocycles. The molecule has 0 N–H and O–H groups in total. The minimum absolute atomic E-state index is 0.0211. The van der Waals surface area contributed by atoms with E-state index >= 15 is 0 Å². The predicted molar refractivity (Wildman–Crippen MR) is 73.2 cm³/mol. The molecule has 0 aromatic heterocycles. The van der Waals surface area contributed by atoms with Crippen LogP contribution in [-0.4, -0.2) is 17.8 Å². The first-order valence-corrected chi connectivity index (χ1v) is 6.84. The van der Waals surface area contributed by atoms with E-state index in [1.165, 1.54) is 29.2 Å². The van der Waals surface area contributed by atoms with Gasteiger partial charge in [-0.3, -0.25) is 14.5 Å². The van der Waals surface area contributed by atoms with Gasteiger partial charge in [0.05, 0.1) is 23.5 Å². The molecule has 2 amide bonds. The molecule has 2 aliphatic rings. The van der Waals surface area contributed by atoms with Crippen molar-refractivity contribution in [1.29, 1.82) is 0 Å². The smallest absolute Gasteiger partial charge is 0.238 e. The summed E-state index contributed by atoms with van der Waals surface area (Å²) in [5.74, 6) is -2.26. The standard InChI is InChI=1S/C16H15NO4/c1-9-2-7-12-13(8-9)15(19)17(14(12)18)11-5-3-10(4-6-11)16(20)21/h2-6,12-13H,7-8H2,1H3,(H,20,21)/p-1/t12-,13-/m0/s1. The van der Waals surface area contributed by atoms with Crippen LogP contribution in [0, 0.1) is 11.8 Å². The Hall–Kier alpha value is -2.43. The normalized spacial score (nSPS) is 24.8. The Kier molecular flexibility index (Phi) is 3.12. The van der Waals surface area contributed by atoms with Crippen molar-refractivity contribution < 1.29 is 19.5 Å². The first kappa shape index (κ1) is 13.5. The van der Waals surface area contributed by atoms with Gasteiger partial charge in [-0.2, -0.15) is 0 Å². The number of carbonyl (C=O) groups excluding carboxylic acids is 3. The van der Waals surface area contributed by atoms with E-state index in [4.69, 9.17) is 0 Å². The first-order chi connectivity index (χ1) is 9.99. The van der Waals surface area contributed by atoms with Crippen LogP contribution in [0.25, 0.3) is 0 Å². The highest BCUT2D eigenvalue weighted by molar-refractivity contribution is 6.22. The summed E-state index contributed by atoms with van der Waals surface area (Å²) in [6.45, 7) is 1.96. The molecule has 108 valence electrons. The van der Waals surface area contributed by atoms with Crippen LogP contribution in [0.1, 0.15) is 30.1 Å². The third kappa shape index (κ3) is 2.14. The highest BCUT2D eigenvalue weighted by Crippen LogP contribution is 2.39. The molecule has 5 nitrogen and oxygen atoms in total. The summed E-state index contributed by atoms with van der Waals surface area (Å²) >= 11 is 0. The van der Waals surface area contributed by atoms with Gasteiger partial charge in [0.15, 0.2) is 0 Å².